The van der Waals surface area contributed by atoms with Crippen molar-refractivity contribution in [3.8, 4) is 5.75 Å². The van der Waals surface area contributed by atoms with Crippen LogP contribution in [0.3, 0.4) is 0 Å². The third-order valence-corrected chi connectivity index (χ3v) is 3.59. The van der Waals surface area contributed by atoms with Crippen molar-refractivity contribution in [2.45, 2.75) is 45.5 Å². The molecule has 116 valence electrons. The van der Waals surface area contributed by atoms with Gasteiger partial charge in [-0.05, 0) is 31.0 Å². The lowest BCUT2D eigenvalue weighted by molar-refractivity contribution is -0.130. The van der Waals surface area contributed by atoms with Gasteiger partial charge in [0, 0.05) is 6.54 Å². The maximum Gasteiger partial charge on any atom is 0.387 e. The summed E-state index contributed by atoms with van der Waals surface area (Å²) in [7, 11) is 0. The van der Waals surface area contributed by atoms with E-state index in [2.05, 4.69) is 10.1 Å². The Balaban J connectivity index is 2.14. The van der Waals surface area contributed by atoms with Crippen molar-refractivity contribution in [2.24, 2.45) is 0 Å². The van der Waals surface area contributed by atoms with Crippen molar-refractivity contribution >= 4 is 5.91 Å². The maximum absolute atomic E-state index is 12.3. The van der Waals surface area contributed by atoms with Gasteiger partial charge >= 0.3 is 6.61 Å². The SMILES string of the molecule is CCCC1NC(c2ccc(OC(F)F)cc2)N(CC)C1=O. The summed E-state index contributed by atoms with van der Waals surface area (Å²) >= 11 is 0. The minimum absolute atomic E-state index is 0.0947. The molecule has 0 saturated carbocycles. The minimum atomic E-state index is -2.83. The number of amides is 1. The molecule has 1 aliphatic heterocycles. The van der Waals surface area contributed by atoms with Gasteiger partial charge in [-0.25, -0.2) is 0 Å². The zero-order chi connectivity index (χ0) is 15.4. The Morgan fingerprint density at radius 2 is 1.95 bits per heavy atom. The van der Waals surface area contributed by atoms with Gasteiger partial charge in [-0.2, -0.15) is 8.78 Å². The quantitative estimate of drug-likeness (QED) is 0.878. The molecule has 2 rings (SSSR count). The van der Waals surface area contributed by atoms with Crippen molar-refractivity contribution in [1.29, 1.82) is 0 Å². The van der Waals surface area contributed by atoms with Crippen LogP contribution in [-0.4, -0.2) is 30.0 Å². The van der Waals surface area contributed by atoms with Crippen molar-refractivity contribution in [3.05, 3.63) is 29.8 Å². The molecule has 0 aliphatic carbocycles. The van der Waals surface area contributed by atoms with E-state index in [1.807, 2.05) is 13.8 Å². The van der Waals surface area contributed by atoms with E-state index in [1.165, 1.54) is 12.1 Å². The molecule has 1 N–H and O–H groups in total. The molecule has 1 saturated heterocycles. The second-order valence-corrected chi connectivity index (χ2v) is 4.98. The number of benzene rings is 1. The lowest BCUT2D eigenvalue weighted by Gasteiger charge is -2.23. The first-order valence-electron chi connectivity index (χ1n) is 7.18. The highest BCUT2D eigenvalue weighted by molar-refractivity contribution is 5.84. The standard InChI is InChI=1S/C15H20F2N2O2/c1-3-5-12-14(20)19(4-2)13(18-12)10-6-8-11(9-7-10)21-15(16)17/h6-9,12-13,15,18H,3-5H2,1-2H3. The van der Waals surface area contributed by atoms with Gasteiger partial charge in [0.2, 0.25) is 5.91 Å². The zero-order valence-electron chi connectivity index (χ0n) is 12.2. The van der Waals surface area contributed by atoms with Crippen molar-refractivity contribution in [3.63, 3.8) is 0 Å². The minimum Gasteiger partial charge on any atom is -0.435 e. The molecular formula is C15H20F2N2O2. The summed E-state index contributed by atoms with van der Waals surface area (Å²) in [5.74, 6) is 0.212. The number of carbonyl (C=O) groups is 1. The fourth-order valence-corrected chi connectivity index (χ4v) is 2.62. The molecule has 0 radical (unpaired) electrons. The lowest BCUT2D eigenvalue weighted by Crippen LogP contribution is -2.30. The molecule has 6 heteroatoms. The molecular weight excluding hydrogens is 278 g/mol. The number of likely N-dealkylation sites (N-methyl/N-ethyl adjacent to an activating group) is 1. The highest BCUT2D eigenvalue weighted by atomic mass is 19.3. The van der Waals surface area contributed by atoms with Crippen molar-refractivity contribution in [2.75, 3.05) is 6.54 Å². The van der Waals surface area contributed by atoms with Crippen LogP contribution in [0.5, 0.6) is 5.75 Å². The van der Waals surface area contributed by atoms with Gasteiger partial charge in [0.05, 0.1) is 6.04 Å². The number of alkyl halides is 2. The Labute approximate surface area is 123 Å². The van der Waals surface area contributed by atoms with Gasteiger partial charge in [0.1, 0.15) is 11.9 Å². The Kier molecular flexibility index (Phi) is 5.12. The molecule has 0 aromatic heterocycles. The highest BCUT2D eigenvalue weighted by Gasteiger charge is 2.37. The number of nitrogens with one attached hydrogen (secondary N) is 1. The number of hydrogen-bond acceptors (Lipinski definition) is 3. The summed E-state index contributed by atoms with van der Waals surface area (Å²) in [6.45, 7) is 1.74. The predicted octanol–water partition coefficient (Wildman–Crippen LogP) is 2.91. The van der Waals surface area contributed by atoms with Crippen LogP contribution in [0.15, 0.2) is 24.3 Å². The van der Waals surface area contributed by atoms with E-state index in [9.17, 15) is 13.6 Å². The average Bonchev–Trinajstić information content (AvgIpc) is 2.76. The summed E-state index contributed by atoms with van der Waals surface area (Å²) in [6, 6.07) is 6.24. The number of halogens is 2. The van der Waals surface area contributed by atoms with Gasteiger partial charge in [-0.15, -0.1) is 0 Å². The number of ether oxygens (including phenoxy) is 1. The van der Waals surface area contributed by atoms with Gasteiger partial charge in [0.25, 0.3) is 0 Å². The van der Waals surface area contributed by atoms with Gasteiger partial charge < -0.3 is 9.64 Å². The van der Waals surface area contributed by atoms with Crippen LogP contribution >= 0.6 is 0 Å². The van der Waals surface area contributed by atoms with Gasteiger partial charge in [-0.1, -0.05) is 25.5 Å². The van der Waals surface area contributed by atoms with Crippen LogP contribution in [0.2, 0.25) is 0 Å². The van der Waals surface area contributed by atoms with Crippen molar-refractivity contribution in [1.82, 2.24) is 10.2 Å². The molecule has 2 atom stereocenters. The molecule has 0 bridgehead atoms. The molecule has 1 aromatic carbocycles. The topological polar surface area (TPSA) is 41.6 Å². The first-order chi connectivity index (χ1) is 10.1. The first kappa shape index (κ1) is 15.7. The molecule has 1 heterocycles. The summed E-state index contributed by atoms with van der Waals surface area (Å²) in [6.07, 6.45) is 1.51. The Hall–Kier alpha value is -1.69. The largest absolute Gasteiger partial charge is 0.435 e. The second kappa shape index (κ2) is 6.85. The summed E-state index contributed by atoms with van der Waals surface area (Å²) in [4.78, 5) is 14.0. The number of nitrogens with zero attached hydrogens (tertiary/aromatic N) is 1. The van der Waals surface area contributed by atoms with Gasteiger partial charge in [0.15, 0.2) is 0 Å². The zero-order valence-corrected chi connectivity index (χ0v) is 12.2. The molecule has 2 unspecified atom stereocenters. The number of hydrogen-bond donors (Lipinski definition) is 1. The Morgan fingerprint density at radius 3 is 2.48 bits per heavy atom. The molecule has 4 nitrogen and oxygen atoms in total. The van der Waals surface area contributed by atoms with E-state index in [-0.39, 0.29) is 23.9 Å². The van der Waals surface area contributed by atoms with Crippen LogP contribution in [0.1, 0.15) is 38.4 Å². The Morgan fingerprint density at radius 1 is 1.29 bits per heavy atom. The number of rotatable bonds is 6. The van der Waals surface area contributed by atoms with E-state index in [4.69, 9.17) is 0 Å². The monoisotopic (exact) mass is 298 g/mol. The highest BCUT2D eigenvalue weighted by Crippen LogP contribution is 2.28. The molecule has 21 heavy (non-hydrogen) atoms. The molecule has 1 aliphatic rings. The summed E-state index contributed by atoms with van der Waals surface area (Å²) in [5, 5.41) is 3.31. The van der Waals surface area contributed by atoms with Crippen LogP contribution in [0.4, 0.5) is 8.78 Å². The van der Waals surface area contributed by atoms with Crippen molar-refractivity contribution < 1.29 is 18.3 Å². The predicted molar refractivity (Wildman–Crippen MR) is 75.0 cm³/mol. The molecule has 1 aromatic rings. The van der Waals surface area contributed by atoms with Crippen LogP contribution in [0.25, 0.3) is 0 Å². The fraction of sp³-hybridized carbons (Fsp3) is 0.533. The molecule has 1 fully saturated rings. The van der Waals surface area contributed by atoms with Crippen LogP contribution in [0, 0.1) is 0 Å². The van der Waals surface area contributed by atoms with Crippen LogP contribution < -0.4 is 10.1 Å². The lowest BCUT2D eigenvalue weighted by atomic mass is 10.1. The van der Waals surface area contributed by atoms with Crippen LogP contribution in [-0.2, 0) is 4.79 Å². The first-order valence-corrected chi connectivity index (χ1v) is 7.18. The van der Waals surface area contributed by atoms with E-state index in [0.29, 0.717) is 6.54 Å². The normalized spacial score (nSPS) is 22.1. The van der Waals surface area contributed by atoms with E-state index in [1.54, 1.807) is 17.0 Å². The second-order valence-electron chi connectivity index (χ2n) is 4.98. The smallest absolute Gasteiger partial charge is 0.387 e. The third kappa shape index (κ3) is 3.50. The molecule has 0 spiro atoms. The van der Waals surface area contributed by atoms with E-state index in [0.717, 1.165) is 18.4 Å². The maximum atomic E-state index is 12.3. The fourth-order valence-electron chi connectivity index (χ4n) is 2.62. The number of carbonyl (C=O) groups excluding carboxylic acids is 1. The van der Waals surface area contributed by atoms with E-state index < -0.39 is 6.61 Å². The Bertz CT molecular complexity index is 479. The van der Waals surface area contributed by atoms with Gasteiger partial charge in [-0.3, -0.25) is 10.1 Å². The summed E-state index contributed by atoms with van der Waals surface area (Å²) < 4.78 is 28.6. The summed E-state index contributed by atoms with van der Waals surface area (Å²) in [5.41, 5.74) is 0.866. The third-order valence-electron chi connectivity index (χ3n) is 3.59. The van der Waals surface area contributed by atoms with E-state index >= 15 is 0 Å². The molecule has 1 amide bonds. The average molecular weight is 298 g/mol.